The molecule has 3 rings (SSSR count). The Morgan fingerprint density at radius 3 is 2.68 bits per heavy atom. The van der Waals surface area contributed by atoms with Gasteiger partial charge in [0.15, 0.2) is 5.58 Å². The van der Waals surface area contributed by atoms with Crippen molar-refractivity contribution in [2.75, 3.05) is 12.4 Å². The molecule has 0 saturated heterocycles. The molecule has 7 heteroatoms. The van der Waals surface area contributed by atoms with Crippen LogP contribution in [0.3, 0.4) is 0 Å². The third kappa shape index (κ3) is 2.86. The van der Waals surface area contributed by atoms with Crippen LogP contribution in [0.25, 0.3) is 11.1 Å². The van der Waals surface area contributed by atoms with E-state index in [0.717, 1.165) is 0 Å². The van der Waals surface area contributed by atoms with Gasteiger partial charge in [0.25, 0.3) is 6.01 Å². The number of hydrogen-bond donors (Lipinski definition) is 1. The summed E-state index contributed by atoms with van der Waals surface area (Å²) in [7, 11) is 1.30. The second-order valence-corrected chi connectivity index (χ2v) is 5.31. The van der Waals surface area contributed by atoms with Crippen LogP contribution >= 0.6 is 23.2 Å². The number of halogens is 2. The fourth-order valence-electron chi connectivity index (χ4n) is 1.97. The highest BCUT2D eigenvalue weighted by molar-refractivity contribution is 6.31. The summed E-state index contributed by atoms with van der Waals surface area (Å²) in [5.74, 6) is -0.510. The van der Waals surface area contributed by atoms with Crippen LogP contribution in [0.1, 0.15) is 10.4 Å². The number of ether oxygens (including phenoxy) is 1. The molecule has 0 atom stereocenters. The third-order valence-electron chi connectivity index (χ3n) is 2.98. The van der Waals surface area contributed by atoms with Crippen molar-refractivity contribution >= 4 is 52.0 Å². The molecule has 5 nitrogen and oxygen atoms in total. The summed E-state index contributed by atoms with van der Waals surface area (Å²) in [5, 5.41) is 3.93. The van der Waals surface area contributed by atoms with Gasteiger partial charge in [0.1, 0.15) is 5.52 Å². The zero-order chi connectivity index (χ0) is 15.7. The topological polar surface area (TPSA) is 64.4 Å². The number of carbonyl (C=O) groups is 1. The predicted molar refractivity (Wildman–Crippen MR) is 85.1 cm³/mol. The fourth-order valence-corrected chi connectivity index (χ4v) is 2.31. The van der Waals surface area contributed by atoms with Crippen molar-refractivity contribution in [3.8, 4) is 0 Å². The van der Waals surface area contributed by atoms with Gasteiger partial charge in [-0.15, -0.1) is 0 Å². The van der Waals surface area contributed by atoms with Crippen LogP contribution < -0.4 is 5.32 Å². The van der Waals surface area contributed by atoms with Crippen molar-refractivity contribution in [2.24, 2.45) is 0 Å². The summed E-state index contributed by atoms with van der Waals surface area (Å²) in [4.78, 5) is 16.1. The van der Waals surface area contributed by atoms with Crippen molar-refractivity contribution in [1.82, 2.24) is 4.98 Å². The lowest BCUT2D eigenvalue weighted by Gasteiger charge is -2.08. The van der Waals surface area contributed by atoms with Crippen molar-refractivity contribution in [1.29, 1.82) is 0 Å². The van der Waals surface area contributed by atoms with Gasteiger partial charge in [-0.25, -0.2) is 4.79 Å². The van der Waals surface area contributed by atoms with Gasteiger partial charge in [-0.2, -0.15) is 4.98 Å². The summed E-state index contributed by atoms with van der Waals surface area (Å²) in [6.45, 7) is 0. The van der Waals surface area contributed by atoms with Crippen LogP contribution in [0.5, 0.6) is 0 Å². The van der Waals surface area contributed by atoms with Gasteiger partial charge in [0.2, 0.25) is 0 Å². The number of esters is 1. The lowest BCUT2D eigenvalue weighted by Crippen LogP contribution is -2.05. The number of aromatic nitrogens is 1. The van der Waals surface area contributed by atoms with E-state index in [-0.39, 0.29) is 11.6 Å². The van der Waals surface area contributed by atoms with E-state index in [1.165, 1.54) is 13.2 Å². The van der Waals surface area contributed by atoms with Gasteiger partial charge in [-0.3, -0.25) is 0 Å². The van der Waals surface area contributed by atoms with Gasteiger partial charge in [-0.1, -0.05) is 23.2 Å². The number of benzene rings is 2. The molecular weight excluding hydrogens is 327 g/mol. The van der Waals surface area contributed by atoms with Crippen LogP contribution in [0.15, 0.2) is 40.8 Å². The van der Waals surface area contributed by atoms with Gasteiger partial charge < -0.3 is 14.5 Å². The van der Waals surface area contributed by atoms with E-state index in [1.807, 2.05) is 0 Å². The van der Waals surface area contributed by atoms with Crippen LogP contribution in [0.2, 0.25) is 10.0 Å². The maximum Gasteiger partial charge on any atom is 0.340 e. The Labute approximate surface area is 135 Å². The minimum atomic E-state index is -0.510. The number of oxazole rings is 1. The van der Waals surface area contributed by atoms with E-state index in [1.54, 1.807) is 30.3 Å². The molecule has 22 heavy (non-hydrogen) atoms. The van der Waals surface area contributed by atoms with Gasteiger partial charge in [-0.05, 0) is 36.4 Å². The molecule has 3 aromatic rings. The number of fused-ring (bicyclic) bond motifs is 1. The molecule has 0 amide bonds. The first kappa shape index (κ1) is 14.7. The molecular formula is C15H10Cl2N2O3. The highest BCUT2D eigenvalue weighted by Gasteiger charge is 2.15. The number of nitrogens with one attached hydrogen (secondary N) is 1. The Kier molecular flexibility index (Phi) is 3.92. The molecule has 1 N–H and O–H groups in total. The molecule has 0 aliphatic rings. The van der Waals surface area contributed by atoms with Gasteiger partial charge in [0.05, 0.1) is 18.4 Å². The van der Waals surface area contributed by atoms with Crippen LogP contribution in [0.4, 0.5) is 11.7 Å². The smallest absolute Gasteiger partial charge is 0.340 e. The predicted octanol–water partition coefficient (Wildman–Crippen LogP) is 4.66. The van der Waals surface area contributed by atoms with E-state index in [9.17, 15) is 4.79 Å². The minimum absolute atomic E-state index is 0.241. The molecule has 0 spiro atoms. The maximum absolute atomic E-state index is 11.8. The number of rotatable bonds is 3. The molecule has 2 aromatic carbocycles. The second-order valence-electron chi connectivity index (χ2n) is 4.44. The van der Waals surface area contributed by atoms with Gasteiger partial charge in [0, 0.05) is 10.0 Å². The summed E-state index contributed by atoms with van der Waals surface area (Å²) in [6, 6.07) is 10.2. The summed E-state index contributed by atoms with van der Waals surface area (Å²) < 4.78 is 10.3. The van der Waals surface area contributed by atoms with Crippen molar-refractivity contribution in [2.45, 2.75) is 0 Å². The van der Waals surface area contributed by atoms with Crippen LogP contribution in [-0.4, -0.2) is 18.1 Å². The molecule has 1 aromatic heterocycles. The number of hydrogen-bond acceptors (Lipinski definition) is 5. The Morgan fingerprint density at radius 1 is 1.18 bits per heavy atom. The molecule has 112 valence electrons. The summed E-state index contributed by atoms with van der Waals surface area (Å²) in [6.07, 6.45) is 0. The van der Waals surface area contributed by atoms with Crippen molar-refractivity contribution in [3.05, 3.63) is 52.0 Å². The first-order valence-corrected chi connectivity index (χ1v) is 7.03. The minimum Gasteiger partial charge on any atom is -0.465 e. The molecule has 0 unspecified atom stereocenters. The number of carbonyl (C=O) groups excluding carboxylic acids is 1. The lowest BCUT2D eigenvalue weighted by atomic mass is 10.2. The quantitative estimate of drug-likeness (QED) is 0.704. The summed E-state index contributed by atoms with van der Waals surface area (Å²) >= 11 is 11.8. The number of anilines is 2. The maximum atomic E-state index is 11.8. The van der Waals surface area contributed by atoms with E-state index >= 15 is 0 Å². The highest BCUT2D eigenvalue weighted by Crippen LogP contribution is 2.27. The second kappa shape index (κ2) is 5.87. The van der Waals surface area contributed by atoms with Crippen molar-refractivity contribution in [3.63, 3.8) is 0 Å². The third-order valence-corrected chi connectivity index (χ3v) is 3.45. The number of methoxy groups -OCH3 is 1. The first-order valence-electron chi connectivity index (χ1n) is 6.28. The van der Waals surface area contributed by atoms with E-state index < -0.39 is 5.97 Å². The molecule has 0 aliphatic carbocycles. The van der Waals surface area contributed by atoms with Crippen LogP contribution in [0, 0.1) is 0 Å². The van der Waals surface area contributed by atoms with E-state index in [4.69, 9.17) is 32.4 Å². The monoisotopic (exact) mass is 336 g/mol. The largest absolute Gasteiger partial charge is 0.465 e. The Bertz CT molecular complexity index is 861. The Balaban J connectivity index is 1.99. The first-order chi connectivity index (χ1) is 10.6. The zero-order valence-electron chi connectivity index (χ0n) is 11.4. The van der Waals surface area contributed by atoms with E-state index in [2.05, 4.69) is 10.3 Å². The standard InChI is InChI=1S/C15H10Cl2N2O3/c1-21-14(20)10-6-8(16)2-4-11(10)18-15-19-12-7-9(17)3-5-13(12)22-15/h2-7H,1H3,(H,18,19). The lowest BCUT2D eigenvalue weighted by molar-refractivity contribution is 0.0602. The summed E-state index contributed by atoms with van der Waals surface area (Å²) in [5.41, 5.74) is 1.97. The normalized spacial score (nSPS) is 10.7. The molecule has 0 bridgehead atoms. The molecule has 0 saturated carbocycles. The van der Waals surface area contributed by atoms with Crippen molar-refractivity contribution < 1.29 is 13.9 Å². The average Bonchev–Trinajstić information content (AvgIpc) is 2.89. The molecule has 0 radical (unpaired) electrons. The SMILES string of the molecule is COC(=O)c1cc(Cl)ccc1Nc1nc2cc(Cl)ccc2o1. The molecule has 0 fully saturated rings. The van der Waals surface area contributed by atoms with Gasteiger partial charge >= 0.3 is 5.97 Å². The highest BCUT2D eigenvalue weighted by atomic mass is 35.5. The fraction of sp³-hybridized carbons (Fsp3) is 0.0667. The van der Waals surface area contributed by atoms with Crippen LogP contribution in [-0.2, 0) is 4.74 Å². The molecule has 0 aliphatic heterocycles. The zero-order valence-corrected chi connectivity index (χ0v) is 12.9. The molecule has 1 heterocycles. The Hall–Kier alpha value is -2.24. The van der Waals surface area contributed by atoms with E-state index in [0.29, 0.717) is 26.8 Å². The number of nitrogens with zero attached hydrogens (tertiary/aromatic N) is 1. The average molecular weight is 337 g/mol. The Morgan fingerprint density at radius 2 is 1.91 bits per heavy atom.